The van der Waals surface area contributed by atoms with Gasteiger partial charge in [-0.3, -0.25) is 0 Å². The second-order valence-electron chi connectivity index (χ2n) is 7.74. The van der Waals surface area contributed by atoms with E-state index in [0.717, 1.165) is 24.8 Å². The number of hydrogen-bond acceptors (Lipinski definition) is 1. The van der Waals surface area contributed by atoms with E-state index in [9.17, 15) is 0 Å². The summed E-state index contributed by atoms with van der Waals surface area (Å²) in [4.78, 5) is 2.36. The summed E-state index contributed by atoms with van der Waals surface area (Å²) < 4.78 is 0. The van der Waals surface area contributed by atoms with Gasteiger partial charge in [-0.25, -0.2) is 0 Å². The van der Waals surface area contributed by atoms with Crippen molar-refractivity contribution in [3.05, 3.63) is 102 Å². The molecule has 3 rings (SSSR count). The first-order valence-electron chi connectivity index (χ1n) is 9.99. The average Bonchev–Trinajstić information content (AvgIpc) is 2.70. The molecule has 0 N–H and O–H groups in total. The molecular weight excluding hydrogens is 326 g/mol. The van der Waals surface area contributed by atoms with E-state index in [4.69, 9.17) is 0 Å². The first kappa shape index (κ1) is 19.2. The highest BCUT2D eigenvalue weighted by Gasteiger charge is 2.19. The molecule has 140 valence electrons. The summed E-state index contributed by atoms with van der Waals surface area (Å²) in [7, 11) is 0. The number of allylic oxidation sites excluding steroid dienone is 8. The largest absolute Gasteiger partial charge is 0.311 e. The van der Waals surface area contributed by atoms with Gasteiger partial charge in [-0.1, -0.05) is 74.6 Å². The SMILES string of the molecule is C=C1C=CC(N(C2=CCC(C(=C)C)C=C2)c2ccc(C(C)CC)cc2)=CC1. The van der Waals surface area contributed by atoms with E-state index >= 15 is 0 Å². The lowest BCUT2D eigenvalue weighted by atomic mass is 9.92. The molecule has 0 aliphatic heterocycles. The zero-order valence-corrected chi connectivity index (χ0v) is 16.9. The van der Waals surface area contributed by atoms with Gasteiger partial charge in [0.15, 0.2) is 0 Å². The normalized spacial score (nSPS) is 20.1. The molecule has 2 unspecified atom stereocenters. The van der Waals surface area contributed by atoms with Crippen LogP contribution >= 0.6 is 0 Å². The Morgan fingerprint density at radius 2 is 1.81 bits per heavy atom. The summed E-state index contributed by atoms with van der Waals surface area (Å²) in [6.07, 6.45) is 16.5. The fraction of sp³-hybridized carbons (Fsp3) is 0.308. The minimum atomic E-state index is 0.444. The van der Waals surface area contributed by atoms with E-state index in [0.29, 0.717) is 11.8 Å². The van der Waals surface area contributed by atoms with Crippen molar-refractivity contribution in [3.63, 3.8) is 0 Å². The van der Waals surface area contributed by atoms with Crippen molar-refractivity contribution in [2.45, 2.75) is 46.0 Å². The minimum Gasteiger partial charge on any atom is -0.311 e. The Morgan fingerprint density at radius 3 is 2.33 bits per heavy atom. The van der Waals surface area contributed by atoms with Gasteiger partial charge in [0.1, 0.15) is 0 Å². The van der Waals surface area contributed by atoms with Crippen molar-refractivity contribution < 1.29 is 0 Å². The van der Waals surface area contributed by atoms with Crippen LogP contribution in [0.3, 0.4) is 0 Å². The minimum absolute atomic E-state index is 0.444. The topological polar surface area (TPSA) is 3.24 Å². The van der Waals surface area contributed by atoms with Crippen LogP contribution in [0.25, 0.3) is 0 Å². The maximum atomic E-state index is 4.11. The molecule has 0 saturated heterocycles. The van der Waals surface area contributed by atoms with Gasteiger partial charge in [-0.05, 0) is 62.0 Å². The Labute approximate surface area is 164 Å². The molecule has 0 amide bonds. The van der Waals surface area contributed by atoms with Gasteiger partial charge in [0.05, 0.1) is 0 Å². The van der Waals surface area contributed by atoms with E-state index in [1.807, 2.05) is 0 Å². The van der Waals surface area contributed by atoms with E-state index in [1.54, 1.807) is 0 Å². The Kier molecular flexibility index (Phi) is 6.01. The monoisotopic (exact) mass is 357 g/mol. The molecule has 1 nitrogen and oxygen atoms in total. The average molecular weight is 358 g/mol. The molecule has 0 spiro atoms. The van der Waals surface area contributed by atoms with Crippen LogP contribution in [-0.4, -0.2) is 0 Å². The third-order valence-electron chi connectivity index (χ3n) is 5.63. The van der Waals surface area contributed by atoms with Crippen molar-refractivity contribution in [3.8, 4) is 0 Å². The van der Waals surface area contributed by atoms with Gasteiger partial charge in [-0.2, -0.15) is 0 Å². The zero-order chi connectivity index (χ0) is 19.4. The molecule has 0 bridgehead atoms. The first-order chi connectivity index (χ1) is 13.0. The van der Waals surface area contributed by atoms with E-state index in [-0.39, 0.29) is 0 Å². The summed E-state index contributed by atoms with van der Waals surface area (Å²) in [6, 6.07) is 9.04. The summed E-state index contributed by atoms with van der Waals surface area (Å²) >= 11 is 0. The smallest absolute Gasteiger partial charge is 0.0461 e. The maximum Gasteiger partial charge on any atom is 0.0461 e. The van der Waals surface area contributed by atoms with Crippen molar-refractivity contribution in [2.24, 2.45) is 5.92 Å². The van der Waals surface area contributed by atoms with Crippen molar-refractivity contribution >= 4 is 5.69 Å². The Morgan fingerprint density at radius 1 is 1.11 bits per heavy atom. The van der Waals surface area contributed by atoms with Gasteiger partial charge >= 0.3 is 0 Å². The highest BCUT2D eigenvalue weighted by molar-refractivity contribution is 5.64. The molecule has 0 aromatic heterocycles. The first-order valence-corrected chi connectivity index (χ1v) is 9.99. The molecule has 0 fully saturated rings. The van der Waals surface area contributed by atoms with E-state index in [2.05, 4.69) is 99.6 Å². The number of rotatable bonds is 6. The van der Waals surface area contributed by atoms with Gasteiger partial charge in [0.2, 0.25) is 0 Å². The van der Waals surface area contributed by atoms with Crippen LogP contribution in [-0.2, 0) is 0 Å². The lowest BCUT2D eigenvalue weighted by molar-refractivity contribution is 0.733. The molecule has 0 radical (unpaired) electrons. The van der Waals surface area contributed by atoms with Gasteiger partial charge in [0.25, 0.3) is 0 Å². The second kappa shape index (κ2) is 8.43. The highest BCUT2D eigenvalue weighted by Crippen LogP contribution is 2.33. The fourth-order valence-corrected chi connectivity index (χ4v) is 3.52. The molecule has 0 saturated carbocycles. The highest BCUT2D eigenvalue weighted by atomic mass is 15.2. The van der Waals surface area contributed by atoms with Crippen molar-refractivity contribution in [1.82, 2.24) is 0 Å². The van der Waals surface area contributed by atoms with Crippen LogP contribution in [0.15, 0.2) is 96.4 Å². The third-order valence-corrected chi connectivity index (χ3v) is 5.63. The van der Waals surface area contributed by atoms with Gasteiger partial charge < -0.3 is 4.90 Å². The van der Waals surface area contributed by atoms with Crippen LogP contribution in [0.2, 0.25) is 0 Å². The molecule has 1 heteroatoms. The van der Waals surface area contributed by atoms with Crippen LogP contribution in [0.5, 0.6) is 0 Å². The number of anilines is 1. The summed E-state index contributed by atoms with van der Waals surface area (Å²) in [5, 5.41) is 0. The predicted octanol–water partition coefficient (Wildman–Crippen LogP) is 7.44. The molecule has 1 aromatic carbocycles. The van der Waals surface area contributed by atoms with E-state index < -0.39 is 0 Å². The van der Waals surface area contributed by atoms with Crippen LogP contribution in [0, 0.1) is 5.92 Å². The lowest BCUT2D eigenvalue weighted by Gasteiger charge is -2.31. The Hall–Kier alpha value is -2.54. The summed E-state index contributed by atoms with van der Waals surface area (Å²) in [5.41, 5.74) is 7.42. The van der Waals surface area contributed by atoms with Crippen molar-refractivity contribution in [1.29, 1.82) is 0 Å². The molecule has 0 heterocycles. The zero-order valence-electron chi connectivity index (χ0n) is 16.9. The molecule has 2 atom stereocenters. The standard InChI is InChI=1S/C26H31N/c1-6-21(5)23-11-17-26(18-12-23)27(24-13-7-20(4)8-14-24)25-15-9-22(10-16-25)19(2)3/h7,9,11-18,21-22H,2,4,6,8,10H2,1,3,5H3. The van der Waals surface area contributed by atoms with Gasteiger partial charge in [-0.15, -0.1) is 0 Å². The molecular formula is C26H31N. The fourth-order valence-electron chi connectivity index (χ4n) is 3.52. The Balaban J connectivity index is 1.94. The third kappa shape index (κ3) is 4.42. The van der Waals surface area contributed by atoms with Crippen LogP contribution in [0.4, 0.5) is 5.69 Å². The molecule has 2 aliphatic carbocycles. The molecule has 1 aromatic rings. The maximum absolute atomic E-state index is 4.11. The van der Waals surface area contributed by atoms with Gasteiger partial charge in [0, 0.05) is 23.0 Å². The molecule has 2 aliphatic rings. The number of hydrogen-bond donors (Lipinski definition) is 0. The van der Waals surface area contributed by atoms with Crippen molar-refractivity contribution in [2.75, 3.05) is 4.90 Å². The lowest BCUT2D eigenvalue weighted by Crippen LogP contribution is -2.22. The van der Waals surface area contributed by atoms with Crippen LogP contribution < -0.4 is 4.90 Å². The quantitative estimate of drug-likeness (QED) is 0.478. The summed E-state index contributed by atoms with van der Waals surface area (Å²) in [5.74, 6) is 1.04. The predicted molar refractivity (Wildman–Crippen MR) is 119 cm³/mol. The van der Waals surface area contributed by atoms with E-state index in [1.165, 1.54) is 28.2 Å². The van der Waals surface area contributed by atoms with Crippen LogP contribution in [0.1, 0.15) is 51.5 Å². The number of benzene rings is 1. The molecule has 27 heavy (non-hydrogen) atoms. The number of nitrogens with zero attached hydrogens (tertiary/aromatic N) is 1. The second-order valence-corrected chi connectivity index (χ2v) is 7.74. The summed E-state index contributed by atoms with van der Waals surface area (Å²) in [6.45, 7) is 14.8. The Bertz CT molecular complexity index is 829.